The Morgan fingerprint density at radius 3 is 2.92 bits per heavy atom. The molecular formula is C8H9ClN2OS. The van der Waals surface area contributed by atoms with Crippen molar-refractivity contribution in [1.82, 2.24) is 4.98 Å². The van der Waals surface area contributed by atoms with Gasteiger partial charge >= 0.3 is 0 Å². The molecule has 1 aromatic rings. The van der Waals surface area contributed by atoms with Crippen LogP contribution in [0, 0.1) is 0 Å². The lowest BCUT2D eigenvalue weighted by Crippen LogP contribution is -1.94. The zero-order valence-corrected chi connectivity index (χ0v) is 8.65. The van der Waals surface area contributed by atoms with E-state index in [1.54, 1.807) is 11.5 Å². The molecule has 1 heterocycles. The van der Waals surface area contributed by atoms with Crippen molar-refractivity contribution in [2.45, 2.75) is 13.3 Å². The summed E-state index contributed by atoms with van der Waals surface area (Å²) < 4.78 is 0. The van der Waals surface area contributed by atoms with Gasteiger partial charge in [-0.1, -0.05) is 13.0 Å². The quantitative estimate of drug-likeness (QED) is 0.623. The number of allylic oxidation sites excluding steroid dienone is 2. The van der Waals surface area contributed by atoms with Crippen LogP contribution in [0.3, 0.4) is 0 Å². The number of hydrogen-bond acceptors (Lipinski definition) is 4. The van der Waals surface area contributed by atoms with Gasteiger partial charge in [0.05, 0.1) is 11.3 Å². The summed E-state index contributed by atoms with van der Waals surface area (Å²) in [5.41, 5.74) is 6.43. The average Bonchev–Trinajstić information content (AvgIpc) is 2.46. The molecule has 0 radical (unpaired) electrons. The van der Waals surface area contributed by atoms with E-state index in [1.165, 1.54) is 11.3 Å². The Bertz CT molecular complexity index is 346. The number of anilines is 1. The Hall–Kier alpha value is -0.870. The second kappa shape index (κ2) is 4.39. The Balaban J connectivity index is 3.02. The van der Waals surface area contributed by atoms with Gasteiger partial charge in [-0.3, -0.25) is 4.79 Å². The number of hydrogen-bond donors (Lipinski definition) is 1. The van der Waals surface area contributed by atoms with Crippen molar-refractivity contribution in [3.8, 4) is 0 Å². The van der Waals surface area contributed by atoms with Gasteiger partial charge in [0.25, 0.3) is 5.24 Å². The van der Waals surface area contributed by atoms with E-state index in [1.807, 2.05) is 6.92 Å². The highest BCUT2D eigenvalue weighted by Gasteiger charge is 2.11. The Morgan fingerprint density at radius 2 is 2.54 bits per heavy atom. The topological polar surface area (TPSA) is 56.0 Å². The number of nitrogens with two attached hydrogens (primary N) is 1. The Kier molecular flexibility index (Phi) is 3.45. The lowest BCUT2D eigenvalue weighted by Gasteiger charge is -1.95. The molecule has 0 saturated carbocycles. The smallest absolute Gasteiger partial charge is 0.254 e. The first kappa shape index (κ1) is 10.2. The number of carbonyl (C=O) groups excluding carboxylic acids is 1. The van der Waals surface area contributed by atoms with Crippen LogP contribution in [0.1, 0.15) is 19.0 Å². The van der Waals surface area contributed by atoms with Crippen molar-refractivity contribution in [1.29, 1.82) is 0 Å². The molecule has 13 heavy (non-hydrogen) atoms. The van der Waals surface area contributed by atoms with Gasteiger partial charge in [0.2, 0.25) is 0 Å². The Morgan fingerprint density at radius 1 is 1.85 bits per heavy atom. The van der Waals surface area contributed by atoms with Crippen molar-refractivity contribution in [3.63, 3.8) is 0 Å². The molecule has 0 amide bonds. The van der Waals surface area contributed by atoms with Crippen molar-refractivity contribution < 1.29 is 4.79 Å². The molecule has 1 rings (SSSR count). The first-order chi connectivity index (χ1) is 6.15. The molecule has 0 fully saturated rings. The maximum absolute atomic E-state index is 11.0. The molecule has 3 nitrogen and oxygen atoms in total. The first-order valence-corrected chi connectivity index (χ1v) is 5.02. The van der Waals surface area contributed by atoms with Crippen molar-refractivity contribution in [3.05, 3.63) is 17.2 Å². The molecular weight excluding hydrogens is 208 g/mol. The van der Waals surface area contributed by atoms with Crippen LogP contribution in [0.25, 0.3) is 5.57 Å². The molecule has 0 aromatic carbocycles. The van der Waals surface area contributed by atoms with E-state index in [9.17, 15) is 4.79 Å². The second-order valence-corrected chi connectivity index (χ2v) is 3.60. The van der Waals surface area contributed by atoms with Gasteiger partial charge in [0, 0.05) is 5.38 Å². The highest BCUT2D eigenvalue weighted by molar-refractivity contribution is 7.13. The molecule has 0 bridgehead atoms. The summed E-state index contributed by atoms with van der Waals surface area (Å²) in [6, 6.07) is 0. The van der Waals surface area contributed by atoms with Crippen LogP contribution in [0.2, 0.25) is 0 Å². The van der Waals surface area contributed by atoms with Crippen LogP contribution in [-0.2, 0) is 4.79 Å². The van der Waals surface area contributed by atoms with Gasteiger partial charge in [-0.25, -0.2) is 4.98 Å². The van der Waals surface area contributed by atoms with Crippen LogP contribution in [0.5, 0.6) is 0 Å². The summed E-state index contributed by atoms with van der Waals surface area (Å²) >= 11 is 6.67. The minimum absolute atomic E-state index is 0.428. The third kappa shape index (κ3) is 2.54. The minimum atomic E-state index is -0.493. The van der Waals surface area contributed by atoms with E-state index in [2.05, 4.69) is 4.98 Å². The standard InChI is InChI=1S/C8H9ClN2OS/c1-2-3-5(7(9)12)6-4-13-8(10)11-6/h3-4H,2H2,1H3,(H2,10,11)/b5-3+. The monoisotopic (exact) mass is 216 g/mol. The second-order valence-electron chi connectivity index (χ2n) is 2.37. The van der Waals surface area contributed by atoms with Crippen molar-refractivity contribution in [2.24, 2.45) is 0 Å². The van der Waals surface area contributed by atoms with Gasteiger partial charge in [0.15, 0.2) is 5.13 Å². The fraction of sp³-hybridized carbons (Fsp3) is 0.250. The van der Waals surface area contributed by atoms with Crippen LogP contribution in [-0.4, -0.2) is 10.2 Å². The molecule has 0 aliphatic heterocycles. The summed E-state index contributed by atoms with van der Waals surface area (Å²) in [4.78, 5) is 14.9. The largest absolute Gasteiger partial charge is 0.375 e. The first-order valence-electron chi connectivity index (χ1n) is 3.76. The van der Waals surface area contributed by atoms with Crippen molar-refractivity contribution >= 4 is 38.9 Å². The fourth-order valence-electron chi connectivity index (χ4n) is 0.901. The Labute approximate surface area is 85.2 Å². The molecule has 0 unspecified atom stereocenters. The maximum atomic E-state index is 11.0. The van der Waals surface area contributed by atoms with Crippen LogP contribution in [0.4, 0.5) is 5.13 Å². The highest BCUT2D eigenvalue weighted by atomic mass is 35.5. The van der Waals surface area contributed by atoms with Gasteiger partial charge in [0.1, 0.15) is 0 Å². The van der Waals surface area contributed by atoms with Gasteiger partial charge < -0.3 is 5.73 Å². The lowest BCUT2D eigenvalue weighted by atomic mass is 10.2. The number of aromatic nitrogens is 1. The molecule has 0 spiro atoms. The van der Waals surface area contributed by atoms with Crippen LogP contribution < -0.4 is 5.73 Å². The van der Waals surface area contributed by atoms with E-state index < -0.39 is 5.24 Å². The molecule has 0 aliphatic rings. The van der Waals surface area contributed by atoms with Gasteiger partial charge in [-0.15, -0.1) is 11.3 Å². The average molecular weight is 217 g/mol. The summed E-state index contributed by atoms with van der Waals surface area (Å²) in [7, 11) is 0. The molecule has 5 heteroatoms. The zero-order chi connectivity index (χ0) is 9.84. The SMILES string of the molecule is CC/C=C(/C(=O)Cl)c1csc(N)n1. The maximum Gasteiger partial charge on any atom is 0.254 e. The van der Waals surface area contributed by atoms with Gasteiger partial charge in [-0.05, 0) is 18.0 Å². The molecule has 0 aliphatic carbocycles. The fourth-order valence-corrected chi connectivity index (χ4v) is 1.64. The number of carbonyl (C=O) groups is 1. The molecule has 0 saturated heterocycles. The van der Waals surface area contributed by atoms with Gasteiger partial charge in [-0.2, -0.15) is 0 Å². The van der Waals surface area contributed by atoms with Crippen LogP contribution in [0.15, 0.2) is 11.5 Å². The third-order valence-electron chi connectivity index (χ3n) is 1.42. The third-order valence-corrected chi connectivity index (χ3v) is 2.30. The summed E-state index contributed by atoms with van der Waals surface area (Å²) in [6.07, 6.45) is 2.48. The lowest BCUT2D eigenvalue weighted by molar-refractivity contribution is -0.106. The predicted octanol–water partition coefficient (Wildman–Crippen LogP) is 2.28. The molecule has 1 aromatic heterocycles. The van der Waals surface area contributed by atoms with E-state index >= 15 is 0 Å². The minimum Gasteiger partial charge on any atom is -0.375 e. The zero-order valence-electron chi connectivity index (χ0n) is 7.08. The summed E-state index contributed by atoms with van der Waals surface area (Å²) in [5, 5.41) is 1.67. The number of rotatable bonds is 3. The van der Waals surface area contributed by atoms with E-state index in [0.717, 1.165) is 6.42 Å². The van der Waals surface area contributed by atoms with E-state index in [-0.39, 0.29) is 0 Å². The normalized spacial score (nSPS) is 11.7. The van der Waals surface area contributed by atoms with Crippen LogP contribution >= 0.6 is 22.9 Å². The summed E-state index contributed by atoms with van der Waals surface area (Å²) in [5.74, 6) is 0. The van der Waals surface area contributed by atoms with E-state index in [0.29, 0.717) is 16.4 Å². The molecule has 70 valence electrons. The molecule has 0 atom stereocenters. The predicted molar refractivity (Wildman–Crippen MR) is 55.7 cm³/mol. The van der Waals surface area contributed by atoms with Crippen molar-refractivity contribution in [2.75, 3.05) is 5.73 Å². The number of thiazole rings is 1. The highest BCUT2D eigenvalue weighted by Crippen LogP contribution is 2.21. The molecule has 2 N–H and O–H groups in total. The summed E-state index contributed by atoms with van der Waals surface area (Å²) in [6.45, 7) is 1.93. The number of nitrogen functional groups attached to an aromatic ring is 1. The number of nitrogens with zero attached hydrogens (tertiary/aromatic N) is 1. The van der Waals surface area contributed by atoms with E-state index in [4.69, 9.17) is 17.3 Å². The number of halogens is 1.